The van der Waals surface area contributed by atoms with Crippen LogP contribution in [0.25, 0.3) is 10.6 Å². The molecule has 1 aliphatic rings. The lowest BCUT2D eigenvalue weighted by Gasteiger charge is -2.15. The summed E-state index contributed by atoms with van der Waals surface area (Å²) in [5, 5.41) is 5.10. The molecule has 0 aliphatic heterocycles. The van der Waals surface area contributed by atoms with Crippen LogP contribution >= 0.6 is 22.7 Å². The van der Waals surface area contributed by atoms with Crippen molar-refractivity contribution in [3.8, 4) is 16.3 Å². The Morgan fingerprint density at radius 2 is 1.97 bits per heavy atom. The molecule has 2 N–H and O–H groups in total. The Kier molecular flexibility index (Phi) is 6.42. The van der Waals surface area contributed by atoms with Crippen LogP contribution in [0.2, 0.25) is 0 Å². The molecule has 7 nitrogen and oxygen atoms in total. The molecule has 1 saturated carbocycles. The molecule has 31 heavy (non-hydrogen) atoms. The van der Waals surface area contributed by atoms with Gasteiger partial charge in [0.1, 0.15) is 10.6 Å². The Morgan fingerprint density at radius 1 is 1.19 bits per heavy atom. The van der Waals surface area contributed by atoms with E-state index >= 15 is 0 Å². The molecule has 0 bridgehead atoms. The van der Waals surface area contributed by atoms with Gasteiger partial charge in [0.2, 0.25) is 10.0 Å². The predicted molar refractivity (Wildman–Crippen MR) is 124 cm³/mol. The van der Waals surface area contributed by atoms with E-state index in [2.05, 4.69) is 15.0 Å². The van der Waals surface area contributed by atoms with Gasteiger partial charge in [-0.2, -0.15) is 0 Å². The molecule has 0 spiro atoms. The minimum Gasteiger partial charge on any atom is -0.495 e. The molecule has 0 radical (unpaired) electrons. The fourth-order valence-electron chi connectivity index (χ4n) is 3.54. The third kappa shape index (κ3) is 4.98. The van der Waals surface area contributed by atoms with Crippen molar-refractivity contribution >= 4 is 43.7 Å². The van der Waals surface area contributed by atoms with Gasteiger partial charge < -0.3 is 4.74 Å². The summed E-state index contributed by atoms with van der Waals surface area (Å²) >= 11 is 2.96. The lowest BCUT2D eigenvalue weighted by atomic mass is 10.2. The number of nitrogens with zero attached hydrogens (tertiary/aromatic N) is 1. The molecule has 4 rings (SSSR count). The van der Waals surface area contributed by atoms with Gasteiger partial charge >= 0.3 is 0 Å². The fraction of sp³-hybridized carbons (Fsp3) is 0.333. The van der Waals surface area contributed by atoms with Crippen molar-refractivity contribution < 1.29 is 17.9 Å². The van der Waals surface area contributed by atoms with E-state index in [0.717, 1.165) is 36.3 Å². The summed E-state index contributed by atoms with van der Waals surface area (Å²) in [5.74, 6) is -0.227. The van der Waals surface area contributed by atoms with Crippen LogP contribution in [0, 0.1) is 6.92 Å². The number of anilines is 1. The van der Waals surface area contributed by atoms with Gasteiger partial charge in [0, 0.05) is 21.9 Å². The van der Waals surface area contributed by atoms with E-state index in [1.54, 1.807) is 17.4 Å². The van der Waals surface area contributed by atoms with Crippen molar-refractivity contribution in [2.45, 2.75) is 43.5 Å². The summed E-state index contributed by atoms with van der Waals surface area (Å²) in [5.41, 5.74) is 1.02. The first-order chi connectivity index (χ1) is 14.9. The maximum atomic E-state index is 12.9. The van der Waals surface area contributed by atoms with Crippen molar-refractivity contribution in [3.05, 3.63) is 46.2 Å². The molecule has 2 aromatic heterocycles. The van der Waals surface area contributed by atoms with E-state index in [1.807, 2.05) is 24.4 Å². The van der Waals surface area contributed by atoms with Crippen LogP contribution in [-0.2, 0) is 10.0 Å². The highest BCUT2D eigenvalue weighted by Crippen LogP contribution is 2.31. The van der Waals surface area contributed by atoms with E-state index in [9.17, 15) is 13.2 Å². The normalized spacial score (nSPS) is 14.6. The number of methoxy groups -OCH3 is 1. The summed E-state index contributed by atoms with van der Waals surface area (Å²) in [4.78, 5) is 19.4. The number of amides is 1. The molecule has 1 aliphatic carbocycles. The van der Waals surface area contributed by atoms with Crippen LogP contribution in [0.5, 0.6) is 5.75 Å². The maximum absolute atomic E-state index is 12.9. The zero-order chi connectivity index (χ0) is 22.0. The monoisotopic (exact) mass is 477 g/mol. The van der Waals surface area contributed by atoms with E-state index in [-0.39, 0.29) is 22.3 Å². The molecule has 1 fully saturated rings. The lowest BCUT2D eigenvalue weighted by Crippen LogP contribution is -2.33. The van der Waals surface area contributed by atoms with Gasteiger partial charge in [0.05, 0.1) is 17.7 Å². The average Bonchev–Trinajstić information content (AvgIpc) is 3.50. The lowest BCUT2D eigenvalue weighted by molar-refractivity contribution is 0.102. The quantitative estimate of drug-likeness (QED) is 0.516. The number of thiazole rings is 1. The minimum atomic E-state index is -3.81. The van der Waals surface area contributed by atoms with Crippen LogP contribution in [0.3, 0.4) is 0 Å². The first-order valence-electron chi connectivity index (χ1n) is 9.90. The summed E-state index contributed by atoms with van der Waals surface area (Å²) in [6, 6.07) is 8.33. The molecule has 0 atom stereocenters. The summed E-state index contributed by atoms with van der Waals surface area (Å²) in [6.07, 6.45) is 3.65. The third-order valence-electron chi connectivity index (χ3n) is 5.11. The standard InChI is InChI=1S/C21H23N3O4S3/c1-13-7-10-18(30-13)16-12-29-21(22-16)23-20(25)14-8-9-17(28-2)19(11-14)31(26,27)24-15-5-3-4-6-15/h7-12,15,24H,3-6H2,1-2H3,(H,22,23,25). The van der Waals surface area contributed by atoms with Gasteiger partial charge in [0.25, 0.3) is 5.91 Å². The van der Waals surface area contributed by atoms with Gasteiger partial charge in [-0.05, 0) is 50.1 Å². The van der Waals surface area contributed by atoms with Crippen molar-refractivity contribution in [1.29, 1.82) is 0 Å². The highest BCUT2D eigenvalue weighted by atomic mass is 32.2. The molecule has 2 heterocycles. The van der Waals surface area contributed by atoms with Crippen LogP contribution in [0.1, 0.15) is 40.9 Å². The van der Waals surface area contributed by atoms with E-state index < -0.39 is 15.9 Å². The molecule has 1 aromatic carbocycles. The van der Waals surface area contributed by atoms with Crippen LogP contribution in [0.4, 0.5) is 5.13 Å². The first-order valence-corrected chi connectivity index (χ1v) is 13.1. The molecule has 1 amide bonds. The highest BCUT2D eigenvalue weighted by Gasteiger charge is 2.26. The largest absolute Gasteiger partial charge is 0.495 e. The number of carbonyl (C=O) groups excluding carboxylic acids is 1. The van der Waals surface area contributed by atoms with E-state index in [4.69, 9.17) is 4.74 Å². The Morgan fingerprint density at radius 3 is 2.65 bits per heavy atom. The van der Waals surface area contributed by atoms with Crippen molar-refractivity contribution in [3.63, 3.8) is 0 Å². The van der Waals surface area contributed by atoms with Crippen LogP contribution in [0.15, 0.2) is 40.6 Å². The molecule has 164 valence electrons. The Labute approximate surface area is 189 Å². The Hall–Kier alpha value is -2.27. The van der Waals surface area contributed by atoms with Gasteiger partial charge in [-0.25, -0.2) is 18.1 Å². The molecule has 0 unspecified atom stereocenters. The number of carbonyl (C=O) groups is 1. The SMILES string of the molecule is COc1ccc(C(=O)Nc2nc(-c3ccc(C)s3)cs2)cc1S(=O)(=O)NC1CCCC1. The number of hydrogen-bond acceptors (Lipinski definition) is 7. The molecule has 0 saturated heterocycles. The van der Waals surface area contributed by atoms with Gasteiger partial charge in [0.15, 0.2) is 5.13 Å². The van der Waals surface area contributed by atoms with Crippen LogP contribution in [-0.4, -0.2) is 32.5 Å². The highest BCUT2D eigenvalue weighted by molar-refractivity contribution is 7.89. The van der Waals surface area contributed by atoms with Crippen molar-refractivity contribution in [1.82, 2.24) is 9.71 Å². The van der Waals surface area contributed by atoms with Gasteiger partial charge in [-0.1, -0.05) is 12.8 Å². The van der Waals surface area contributed by atoms with E-state index in [1.165, 1.54) is 35.5 Å². The second-order valence-corrected chi connectivity index (χ2v) is 11.2. The summed E-state index contributed by atoms with van der Waals surface area (Å²) in [6.45, 7) is 2.03. The number of sulfonamides is 1. The number of benzene rings is 1. The molecule has 3 aromatic rings. The van der Waals surface area contributed by atoms with Crippen LogP contribution < -0.4 is 14.8 Å². The fourth-order valence-corrected chi connectivity index (χ4v) is 6.65. The summed E-state index contributed by atoms with van der Waals surface area (Å²) in [7, 11) is -2.40. The molecular formula is C21H23N3O4S3. The molecule has 10 heteroatoms. The summed E-state index contributed by atoms with van der Waals surface area (Å²) < 4.78 is 33.8. The third-order valence-corrected chi connectivity index (χ3v) is 8.43. The number of nitrogens with one attached hydrogen (secondary N) is 2. The second kappa shape index (κ2) is 9.07. The van der Waals surface area contributed by atoms with E-state index in [0.29, 0.717) is 5.13 Å². The smallest absolute Gasteiger partial charge is 0.257 e. The Bertz CT molecular complexity index is 1190. The van der Waals surface area contributed by atoms with Crippen molar-refractivity contribution in [2.75, 3.05) is 12.4 Å². The number of rotatable bonds is 7. The predicted octanol–water partition coefficient (Wildman–Crippen LogP) is 4.66. The number of thiophene rings is 1. The molecular weight excluding hydrogens is 454 g/mol. The zero-order valence-corrected chi connectivity index (χ0v) is 19.6. The Balaban J connectivity index is 1.54. The first kappa shape index (κ1) is 21.9. The maximum Gasteiger partial charge on any atom is 0.257 e. The van der Waals surface area contributed by atoms with Gasteiger partial charge in [-0.3, -0.25) is 10.1 Å². The zero-order valence-electron chi connectivity index (χ0n) is 17.2. The number of hydrogen-bond donors (Lipinski definition) is 2. The second-order valence-electron chi connectivity index (χ2n) is 7.37. The topological polar surface area (TPSA) is 97.4 Å². The average molecular weight is 478 g/mol. The van der Waals surface area contributed by atoms with Gasteiger partial charge in [-0.15, -0.1) is 22.7 Å². The number of aromatic nitrogens is 1. The minimum absolute atomic E-state index is 0.0385. The number of aryl methyl sites for hydroxylation is 1. The van der Waals surface area contributed by atoms with Crippen molar-refractivity contribution in [2.24, 2.45) is 0 Å². The number of ether oxygens (including phenoxy) is 1.